The molecule has 1 atom stereocenters. The Balaban J connectivity index is 1.54. The average molecular weight is 440 g/mol. The fourth-order valence-electron chi connectivity index (χ4n) is 3.90. The topological polar surface area (TPSA) is 114 Å². The van der Waals surface area contributed by atoms with Crippen molar-refractivity contribution in [2.45, 2.75) is 32.1 Å². The molecule has 8 nitrogen and oxygen atoms in total. The summed E-state index contributed by atoms with van der Waals surface area (Å²) in [6, 6.07) is 7.32. The minimum atomic E-state index is -0.563. The molecule has 3 N–H and O–H groups in total. The first-order chi connectivity index (χ1) is 14.9. The van der Waals surface area contributed by atoms with E-state index in [2.05, 4.69) is 9.97 Å². The second-order valence-corrected chi connectivity index (χ2v) is 8.71. The number of primary amides is 1. The second kappa shape index (κ2) is 8.89. The standard InChI is InChI=1S/C22H25N5O3S/c1-13-24-16(12-31-13)10-18(28)27-9-3-4-15(11-27)22-25-19(20(26-22)21(23)29)14-5-7-17(30-2)8-6-14/h5-8,12,15H,3-4,9-11H2,1-2H3,(H2,23,29)(H,25,26)/t15-/m1/s1. The number of benzene rings is 1. The number of imidazole rings is 1. The van der Waals surface area contributed by atoms with E-state index < -0.39 is 5.91 Å². The second-order valence-electron chi connectivity index (χ2n) is 7.65. The number of amides is 2. The number of hydrogen-bond donors (Lipinski definition) is 2. The molecule has 3 heterocycles. The fraction of sp³-hybridized carbons (Fsp3) is 0.364. The summed E-state index contributed by atoms with van der Waals surface area (Å²) in [5, 5.41) is 2.89. The van der Waals surface area contributed by atoms with Crippen LogP contribution in [0.5, 0.6) is 5.75 Å². The van der Waals surface area contributed by atoms with Gasteiger partial charge in [-0.2, -0.15) is 0 Å². The number of thiazole rings is 1. The van der Waals surface area contributed by atoms with Gasteiger partial charge in [0.2, 0.25) is 5.91 Å². The number of ether oxygens (including phenoxy) is 1. The van der Waals surface area contributed by atoms with Crippen molar-refractivity contribution in [3.05, 3.63) is 51.9 Å². The van der Waals surface area contributed by atoms with Crippen LogP contribution in [0.3, 0.4) is 0 Å². The number of aromatic amines is 1. The SMILES string of the molecule is COc1ccc(-c2nc([C@@H]3CCCN(C(=O)Cc4csc(C)n4)C3)[nH]c2C(N)=O)cc1. The molecule has 1 aromatic carbocycles. The number of nitrogens with two attached hydrogens (primary N) is 1. The molecule has 0 radical (unpaired) electrons. The van der Waals surface area contributed by atoms with Gasteiger partial charge < -0.3 is 20.4 Å². The lowest BCUT2D eigenvalue weighted by Crippen LogP contribution is -2.40. The third-order valence-corrected chi connectivity index (χ3v) is 6.31. The predicted molar refractivity (Wildman–Crippen MR) is 118 cm³/mol. The van der Waals surface area contributed by atoms with Gasteiger partial charge in [-0.1, -0.05) is 0 Å². The Hall–Kier alpha value is -3.20. The van der Waals surface area contributed by atoms with Crippen molar-refractivity contribution in [1.29, 1.82) is 0 Å². The first-order valence-corrected chi connectivity index (χ1v) is 11.1. The maximum Gasteiger partial charge on any atom is 0.267 e. The highest BCUT2D eigenvalue weighted by molar-refractivity contribution is 7.09. The quantitative estimate of drug-likeness (QED) is 0.613. The van der Waals surface area contributed by atoms with Crippen molar-refractivity contribution in [2.24, 2.45) is 5.73 Å². The molecule has 1 saturated heterocycles. The molecule has 0 saturated carbocycles. The van der Waals surface area contributed by atoms with E-state index in [1.165, 1.54) is 0 Å². The van der Waals surface area contributed by atoms with Crippen molar-refractivity contribution < 1.29 is 14.3 Å². The van der Waals surface area contributed by atoms with Gasteiger partial charge in [0.05, 0.1) is 24.2 Å². The molecule has 31 heavy (non-hydrogen) atoms. The van der Waals surface area contributed by atoms with Gasteiger partial charge in [0.1, 0.15) is 23.0 Å². The molecule has 2 amide bonds. The number of rotatable bonds is 6. The highest BCUT2D eigenvalue weighted by atomic mass is 32.1. The summed E-state index contributed by atoms with van der Waals surface area (Å²) in [6.45, 7) is 3.20. The zero-order valence-electron chi connectivity index (χ0n) is 17.6. The maximum absolute atomic E-state index is 12.8. The number of H-pyrrole nitrogens is 1. The van der Waals surface area contributed by atoms with Crippen LogP contribution in [0.4, 0.5) is 0 Å². The van der Waals surface area contributed by atoms with Gasteiger partial charge in [-0.05, 0) is 44.0 Å². The van der Waals surface area contributed by atoms with E-state index in [0.717, 1.165) is 34.9 Å². The average Bonchev–Trinajstić information content (AvgIpc) is 3.40. The van der Waals surface area contributed by atoms with E-state index in [9.17, 15) is 9.59 Å². The Morgan fingerprint density at radius 1 is 1.29 bits per heavy atom. The summed E-state index contributed by atoms with van der Waals surface area (Å²) in [5.74, 6) is 0.915. The minimum Gasteiger partial charge on any atom is -0.497 e. The number of nitrogens with one attached hydrogen (secondary N) is 1. The molecule has 4 rings (SSSR count). The van der Waals surface area contributed by atoms with Crippen molar-refractivity contribution in [3.8, 4) is 17.0 Å². The number of aromatic nitrogens is 3. The Bertz CT molecular complexity index is 1090. The normalized spacial score (nSPS) is 16.3. The number of likely N-dealkylation sites (tertiary alicyclic amines) is 1. The monoisotopic (exact) mass is 439 g/mol. The molecule has 0 bridgehead atoms. The number of nitrogens with zero attached hydrogens (tertiary/aromatic N) is 3. The highest BCUT2D eigenvalue weighted by Crippen LogP contribution is 2.30. The van der Waals surface area contributed by atoms with Crippen LogP contribution in [0.15, 0.2) is 29.6 Å². The lowest BCUT2D eigenvalue weighted by Gasteiger charge is -2.31. The number of hydrogen-bond acceptors (Lipinski definition) is 6. The molecule has 1 aliphatic heterocycles. The predicted octanol–water partition coefficient (Wildman–Crippen LogP) is 2.90. The smallest absolute Gasteiger partial charge is 0.267 e. The lowest BCUT2D eigenvalue weighted by molar-refractivity contribution is -0.131. The fourth-order valence-corrected chi connectivity index (χ4v) is 4.52. The van der Waals surface area contributed by atoms with Crippen LogP contribution < -0.4 is 10.5 Å². The van der Waals surface area contributed by atoms with E-state index >= 15 is 0 Å². The number of carbonyl (C=O) groups excluding carboxylic acids is 2. The summed E-state index contributed by atoms with van der Waals surface area (Å²) in [5.41, 5.74) is 8.00. The zero-order chi connectivity index (χ0) is 22.0. The number of aryl methyl sites for hydroxylation is 1. The Morgan fingerprint density at radius 2 is 2.06 bits per heavy atom. The first-order valence-electron chi connectivity index (χ1n) is 10.2. The molecule has 0 aliphatic carbocycles. The molecule has 0 unspecified atom stereocenters. The molecular formula is C22H25N5O3S. The molecule has 0 spiro atoms. The van der Waals surface area contributed by atoms with Gasteiger partial charge in [-0.3, -0.25) is 9.59 Å². The van der Waals surface area contributed by atoms with Gasteiger partial charge in [0, 0.05) is 30.0 Å². The van der Waals surface area contributed by atoms with E-state index in [4.69, 9.17) is 15.5 Å². The molecule has 1 fully saturated rings. The molecule has 9 heteroatoms. The van der Waals surface area contributed by atoms with Gasteiger partial charge in [0.15, 0.2) is 0 Å². The van der Waals surface area contributed by atoms with E-state index in [1.807, 2.05) is 41.5 Å². The molecule has 3 aromatic rings. The molecule has 2 aromatic heterocycles. The lowest BCUT2D eigenvalue weighted by atomic mass is 9.97. The van der Waals surface area contributed by atoms with Crippen LogP contribution in [0.25, 0.3) is 11.3 Å². The van der Waals surface area contributed by atoms with Crippen molar-refractivity contribution in [2.75, 3.05) is 20.2 Å². The van der Waals surface area contributed by atoms with Crippen LogP contribution in [-0.2, 0) is 11.2 Å². The largest absolute Gasteiger partial charge is 0.497 e. The summed E-state index contributed by atoms with van der Waals surface area (Å²) in [6.07, 6.45) is 2.06. The van der Waals surface area contributed by atoms with Crippen molar-refractivity contribution >= 4 is 23.2 Å². The minimum absolute atomic E-state index is 0.0139. The first kappa shape index (κ1) is 21.0. The van der Waals surface area contributed by atoms with Gasteiger partial charge in [0.25, 0.3) is 5.91 Å². The van der Waals surface area contributed by atoms with Crippen molar-refractivity contribution in [3.63, 3.8) is 0 Å². The van der Waals surface area contributed by atoms with Crippen LogP contribution in [0, 0.1) is 6.92 Å². The van der Waals surface area contributed by atoms with Crippen LogP contribution >= 0.6 is 11.3 Å². The van der Waals surface area contributed by atoms with Crippen molar-refractivity contribution in [1.82, 2.24) is 19.9 Å². The van der Waals surface area contributed by atoms with Gasteiger partial charge in [-0.25, -0.2) is 9.97 Å². The summed E-state index contributed by atoms with van der Waals surface area (Å²) in [4.78, 5) is 38.9. The van der Waals surface area contributed by atoms with Gasteiger partial charge in [-0.15, -0.1) is 11.3 Å². The van der Waals surface area contributed by atoms with Crippen LogP contribution in [-0.4, -0.2) is 51.9 Å². The van der Waals surface area contributed by atoms with E-state index in [1.54, 1.807) is 18.4 Å². The third kappa shape index (κ3) is 4.61. The molecule has 162 valence electrons. The molecular weight excluding hydrogens is 414 g/mol. The van der Waals surface area contributed by atoms with Gasteiger partial charge >= 0.3 is 0 Å². The number of methoxy groups -OCH3 is 1. The third-order valence-electron chi connectivity index (χ3n) is 5.49. The van der Waals surface area contributed by atoms with Crippen LogP contribution in [0.1, 0.15) is 45.8 Å². The number of carbonyl (C=O) groups is 2. The summed E-state index contributed by atoms with van der Waals surface area (Å²) in [7, 11) is 1.60. The number of piperidine rings is 1. The van der Waals surface area contributed by atoms with E-state index in [0.29, 0.717) is 31.0 Å². The molecule has 1 aliphatic rings. The Kier molecular flexibility index (Phi) is 6.03. The Morgan fingerprint density at radius 3 is 2.71 bits per heavy atom. The summed E-state index contributed by atoms with van der Waals surface area (Å²) < 4.78 is 5.20. The highest BCUT2D eigenvalue weighted by Gasteiger charge is 2.29. The summed E-state index contributed by atoms with van der Waals surface area (Å²) >= 11 is 1.55. The zero-order valence-corrected chi connectivity index (χ0v) is 18.4. The van der Waals surface area contributed by atoms with Crippen LogP contribution in [0.2, 0.25) is 0 Å². The maximum atomic E-state index is 12.8. The van der Waals surface area contributed by atoms with E-state index in [-0.39, 0.29) is 17.5 Å². The Labute approximate surface area is 184 Å².